The standard InChI is InChI=1S/C22H28O4/c1-5-22(3,15-16(2)20(23)25-4)21(24)26-14-13-18-11-8-10-17-9-6-7-12-19(17)18/h6-12,16H,5,13-15H2,1-4H3. The summed E-state index contributed by atoms with van der Waals surface area (Å²) in [4.78, 5) is 24.3. The van der Waals surface area contributed by atoms with E-state index in [1.807, 2.05) is 32.0 Å². The van der Waals surface area contributed by atoms with Crippen LogP contribution in [0, 0.1) is 11.3 Å². The number of rotatable bonds is 8. The van der Waals surface area contributed by atoms with Crippen LogP contribution in [0.15, 0.2) is 42.5 Å². The van der Waals surface area contributed by atoms with Crippen LogP contribution in [0.2, 0.25) is 0 Å². The number of esters is 2. The van der Waals surface area contributed by atoms with Gasteiger partial charge >= 0.3 is 11.9 Å². The average Bonchev–Trinajstić information content (AvgIpc) is 2.67. The summed E-state index contributed by atoms with van der Waals surface area (Å²) in [5.41, 5.74) is 0.476. The molecule has 0 saturated heterocycles. The Kier molecular flexibility index (Phi) is 6.78. The molecule has 2 aromatic carbocycles. The maximum Gasteiger partial charge on any atom is 0.311 e. The van der Waals surface area contributed by atoms with Crippen LogP contribution in [-0.4, -0.2) is 25.7 Å². The number of ether oxygens (including phenoxy) is 2. The van der Waals surface area contributed by atoms with E-state index in [1.54, 1.807) is 6.92 Å². The molecule has 2 aromatic rings. The van der Waals surface area contributed by atoms with Crippen molar-refractivity contribution in [1.82, 2.24) is 0 Å². The van der Waals surface area contributed by atoms with Crippen molar-refractivity contribution in [2.45, 2.75) is 40.0 Å². The van der Waals surface area contributed by atoms with Crippen molar-refractivity contribution < 1.29 is 19.1 Å². The van der Waals surface area contributed by atoms with Crippen molar-refractivity contribution in [1.29, 1.82) is 0 Å². The summed E-state index contributed by atoms with van der Waals surface area (Å²) >= 11 is 0. The highest BCUT2D eigenvalue weighted by molar-refractivity contribution is 5.85. The highest BCUT2D eigenvalue weighted by Crippen LogP contribution is 2.32. The highest BCUT2D eigenvalue weighted by Gasteiger charge is 2.36. The predicted octanol–water partition coefficient (Wildman–Crippen LogP) is 4.54. The number of benzene rings is 2. The summed E-state index contributed by atoms with van der Waals surface area (Å²) in [6.07, 6.45) is 1.70. The van der Waals surface area contributed by atoms with E-state index in [4.69, 9.17) is 9.47 Å². The van der Waals surface area contributed by atoms with E-state index in [0.717, 1.165) is 5.56 Å². The van der Waals surface area contributed by atoms with Gasteiger partial charge in [-0.15, -0.1) is 0 Å². The molecule has 4 nitrogen and oxygen atoms in total. The number of carbonyl (C=O) groups is 2. The van der Waals surface area contributed by atoms with Crippen molar-refractivity contribution in [2.24, 2.45) is 11.3 Å². The summed E-state index contributed by atoms with van der Waals surface area (Å²) in [6, 6.07) is 14.4. The molecular formula is C22H28O4. The molecule has 2 unspecified atom stereocenters. The van der Waals surface area contributed by atoms with Crippen LogP contribution in [0.5, 0.6) is 0 Å². The lowest BCUT2D eigenvalue weighted by molar-refractivity contribution is -0.158. The van der Waals surface area contributed by atoms with Gasteiger partial charge in [0.15, 0.2) is 0 Å². The number of methoxy groups -OCH3 is 1. The summed E-state index contributed by atoms with van der Waals surface area (Å²) in [6.45, 7) is 5.90. The van der Waals surface area contributed by atoms with E-state index < -0.39 is 5.41 Å². The average molecular weight is 356 g/mol. The van der Waals surface area contributed by atoms with Gasteiger partial charge in [0.2, 0.25) is 0 Å². The lowest BCUT2D eigenvalue weighted by Crippen LogP contribution is -2.33. The van der Waals surface area contributed by atoms with Gasteiger partial charge in [0.25, 0.3) is 0 Å². The Morgan fingerprint density at radius 2 is 1.81 bits per heavy atom. The third kappa shape index (κ3) is 4.63. The van der Waals surface area contributed by atoms with Gasteiger partial charge in [0.05, 0.1) is 25.0 Å². The minimum Gasteiger partial charge on any atom is -0.469 e. The third-order valence-corrected chi connectivity index (χ3v) is 5.12. The fourth-order valence-corrected chi connectivity index (χ4v) is 3.27. The third-order valence-electron chi connectivity index (χ3n) is 5.12. The first-order chi connectivity index (χ1) is 12.4. The van der Waals surface area contributed by atoms with Crippen LogP contribution in [0.4, 0.5) is 0 Å². The van der Waals surface area contributed by atoms with Crippen LogP contribution in [-0.2, 0) is 25.5 Å². The Morgan fingerprint density at radius 3 is 2.50 bits per heavy atom. The summed E-state index contributed by atoms with van der Waals surface area (Å²) in [5, 5.41) is 2.37. The molecule has 2 rings (SSSR count). The zero-order valence-corrected chi connectivity index (χ0v) is 16.1. The van der Waals surface area contributed by atoms with Gasteiger partial charge in [0, 0.05) is 6.42 Å². The molecule has 0 aliphatic rings. The SMILES string of the molecule is CCC(C)(CC(C)C(=O)OC)C(=O)OCCc1cccc2ccccc12. The normalized spacial score (nSPS) is 14.5. The molecule has 2 atom stereocenters. The van der Waals surface area contributed by atoms with E-state index in [9.17, 15) is 9.59 Å². The van der Waals surface area contributed by atoms with Gasteiger partial charge in [-0.25, -0.2) is 0 Å². The fraction of sp³-hybridized carbons (Fsp3) is 0.455. The Balaban J connectivity index is 1.99. The van der Waals surface area contributed by atoms with Gasteiger partial charge in [-0.05, 0) is 36.1 Å². The van der Waals surface area contributed by atoms with E-state index in [1.165, 1.54) is 17.9 Å². The molecule has 0 aromatic heterocycles. The molecule has 4 heteroatoms. The van der Waals surface area contributed by atoms with Gasteiger partial charge < -0.3 is 9.47 Å². The zero-order valence-electron chi connectivity index (χ0n) is 16.1. The first-order valence-corrected chi connectivity index (χ1v) is 9.13. The first kappa shape index (κ1) is 20.0. The van der Waals surface area contributed by atoms with Gasteiger partial charge in [0.1, 0.15) is 0 Å². The molecule has 0 bridgehead atoms. The lowest BCUT2D eigenvalue weighted by atomic mass is 9.79. The lowest BCUT2D eigenvalue weighted by Gasteiger charge is -2.28. The molecule has 140 valence electrons. The quantitative estimate of drug-likeness (QED) is 0.652. The van der Waals surface area contributed by atoms with Crippen LogP contribution in [0.25, 0.3) is 10.8 Å². The molecule has 26 heavy (non-hydrogen) atoms. The maximum absolute atomic E-state index is 12.6. The van der Waals surface area contributed by atoms with E-state index in [-0.39, 0.29) is 17.9 Å². The van der Waals surface area contributed by atoms with Crippen molar-refractivity contribution >= 4 is 22.7 Å². The molecule has 0 N–H and O–H groups in total. The molecule has 0 aliphatic carbocycles. The van der Waals surface area contributed by atoms with E-state index in [0.29, 0.717) is 25.9 Å². The second-order valence-electron chi connectivity index (χ2n) is 7.07. The van der Waals surface area contributed by atoms with Gasteiger partial charge in [-0.3, -0.25) is 9.59 Å². The number of carbonyl (C=O) groups excluding carboxylic acids is 2. The minimum atomic E-state index is -0.688. The predicted molar refractivity (Wildman–Crippen MR) is 103 cm³/mol. The second kappa shape index (κ2) is 8.84. The highest BCUT2D eigenvalue weighted by atomic mass is 16.5. The topological polar surface area (TPSA) is 52.6 Å². The molecular weight excluding hydrogens is 328 g/mol. The number of fused-ring (bicyclic) bond motifs is 1. The molecule has 0 spiro atoms. The van der Waals surface area contributed by atoms with Crippen molar-refractivity contribution in [2.75, 3.05) is 13.7 Å². The smallest absolute Gasteiger partial charge is 0.311 e. The largest absolute Gasteiger partial charge is 0.469 e. The fourth-order valence-electron chi connectivity index (χ4n) is 3.27. The molecule has 0 heterocycles. The van der Waals surface area contributed by atoms with E-state index >= 15 is 0 Å². The van der Waals surface area contributed by atoms with Crippen LogP contribution < -0.4 is 0 Å². The van der Waals surface area contributed by atoms with Crippen LogP contribution >= 0.6 is 0 Å². The number of hydrogen-bond donors (Lipinski definition) is 0. The van der Waals surface area contributed by atoms with E-state index in [2.05, 4.69) is 24.3 Å². The Labute approximate surface area is 155 Å². The molecule has 0 fully saturated rings. The molecule has 0 radical (unpaired) electrons. The monoisotopic (exact) mass is 356 g/mol. The second-order valence-corrected chi connectivity index (χ2v) is 7.07. The first-order valence-electron chi connectivity index (χ1n) is 9.13. The van der Waals surface area contributed by atoms with Crippen molar-refractivity contribution in [3.63, 3.8) is 0 Å². The zero-order chi connectivity index (χ0) is 19.2. The van der Waals surface area contributed by atoms with Gasteiger partial charge in [-0.1, -0.05) is 56.3 Å². The summed E-state index contributed by atoms with van der Waals surface area (Å²) in [7, 11) is 1.37. The molecule has 0 amide bonds. The summed E-state index contributed by atoms with van der Waals surface area (Å²) in [5.74, 6) is -0.889. The van der Waals surface area contributed by atoms with Crippen molar-refractivity contribution in [3.05, 3.63) is 48.0 Å². The molecule has 0 saturated carbocycles. The van der Waals surface area contributed by atoms with Crippen LogP contribution in [0.3, 0.4) is 0 Å². The van der Waals surface area contributed by atoms with Crippen molar-refractivity contribution in [3.8, 4) is 0 Å². The molecule has 0 aliphatic heterocycles. The Morgan fingerprint density at radius 1 is 1.12 bits per heavy atom. The Bertz CT molecular complexity index is 762. The van der Waals surface area contributed by atoms with Crippen LogP contribution in [0.1, 0.15) is 39.2 Å². The Hall–Kier alpha value is -2.36. The number of hydrogen-bond acceptors (Lipinski definition) is 4. The minimum absolute atomic E-state index is 0.254. The summed E-state index contributed by atoms with van der Waals surface area (Å²) < 4.78 is 10.3. The van der Waals surface area contributed by atoms with Gasteiger partial charge in [-0.2, -0.15) is 0 Å². The maximum atomic E-state index is 12.6.